The molecule has 0 aliphatic carbocycles. The van der Waals surface area contributed by atoms with Gasteiger partial charge < -0.3 is 15.0 Å². The van der Waals surface area contributed by atoms with Crippen LogP contribution in [-0.2, 0) is 16.1 Å². The van der Waals surface area contributed by atoms with E-state index < -0.39 is 11.6 Å². The topological polar surface area (TPSA) is 58.6 Å². The van der Waals surface area contributed by atoms with Gasteiger partial charge in [-0.15, -0.1) is 0 Å². The van der Waals surface area contributed by atoms with Gasteiger partial charge >= 0.3 is 0 Å². The van der Waals surface area contributed by atoms with E-state index in [-0.39, 0.29) is 24.8 Å². The fourth-order valence-electron chi connectivity index (χ4n) is 3.28. The number of benzene rings is 2. The van der Waals surface area contributed by atoms with Gasteiger partial charge in [-0.1, -0.05) is 54.4 Å². The molecule has 0 aliphatic rings. The number of nitrogens with zero attached hydrogens (tertiary/aromatic N) is 1. The molecule has 2 aromatic rings. The summed E-state index contributed by atoms with van der Waals surface area (Å²) in [5, 5.41) is 3.98. The Hall–Kier alpha value is -2.24. The van der Waals surface area contributed by atoms with Crippen molar-refractivity contribution in [2.24, 2.45) is 0 Å². The van der Waals surface area contributed by atoms with Crippen molar-refractivity contribution in [1.82, 2.24) is 10.2 Å². The SMILES string of the molecule is CC[C@H](C(=O)NC(C)(C)C)N(Cc1ccc(Cl)cc1Cl)C(=O)CCCOc1ccccc1. The molecule has 0 bridgehead atoms. The number of amides is 2. The summed E-state index contributed by atoms with van der Waals surface area (Å²) >= 11 is 12.4. The first kappa shape index (κ1) is 26.0. The van der Waals surface area contributed by atoms with Crippen molar-refractivity contribution >= 4 is 35.0 Å². The number of nitrogens with one attached hydrogen (secondary N) is 1. The Labute approximate surface area is 201 Å². The maximum atomic E-state index is 13.2. The van der Waals surface area contributed by atoms with E-state index in [9.17, 15) is 9.59 Å². The van der Waals surface area contributed by atoms with Crippen molar-refractivity contribution in [3.8, 4) is 5.75 Å². The molecule has 2 rings (SSSR count). The minimum Gasteiger partial charge on any atom is -0.494 e. The summed E-state index contributed by atoms with van der Waals surface area (Å²) in [4.78, 5) is 27.8. The molecule has 174 valence electrons. The maximum absolute atomic E-state index is 13.2. The average molecular weight is 479 g/mol. The van der Waals surface area contributed by atoms with Crippen LogP contribution in [0.2, 0.25) is 10.0 Å². The van der Waals surface area contributed by atoms with E-state index in [1.165, 1.54) is 0 Å². The Bertz CT molecular complexity index is 898. The molecule has 1 N–H and O–H groups in total. The lowest BCUT2D eigenvalue weighted by Crippen LogP contribution is -2.53. The molecule has 7 heteroatoms. The van der Waals surface area contributed by atoms with E-state index in [4.69, 9.17) is 27.9 Å². The summed E-state index contributed by atoms with van der Waals surface area (Å²) in [7, 11) is 0. The summed E-state index contributed by atoms with van der Waals surface area (Å²) in [5.74, 6) is 0.461. The summed E-state index contributed by atoms with van der Waals surface area (Å²) in [6.45, 7) is 8.29. The van der Waals surface area contributed by atoms with Gasteiger partial charge in [-0.25, -0.2) is 0 Å². The number of hydrogen-bond donors (Lipinski definition) is 1. The van der Waals surface area contributed by atoms with Gasteiger partial charge in [0.25, 0.3) is 0 Å². The monoisotopic (exact) mass is 478 g/mol. The number of carbonyl (C=O) groups excluding carboxylic acids is 2. The second-order valence-electron chi connectivity index (χ2n) is 8.69. The number of hydrogen-bond acceptors (Lipinski definition) is 3. The van der Waals surface area contributed by atoms with Gasteiger partial charge in [0.15, 0.2) is 0 Å². The van der Waals surface area contributed by atoms with Gasteiger partial charge in [0.1, 0.15) is 11.8 Å². The highest BCUT2D eigenvalue weighted by molar-refractivity contribution is 6.35. The first-order valence-corrected chi connectivity index (χ1v) is 11.6. The van der Waals surface area contributed by atoms with Gasteiger partial charge in [-0.05, 0) is 63.4 Å². The van der Waals surface area contributed by atoms with Crippen LogP contribution >= 0.6 is 23.2 Å². The van der Waals surface area contributed by atoms with Gasteiger partial charge in [0, 0.05) is 28.5 Å². The largest absolute Gasteiger partial charge is 0.494 e. The van der Waals surface area contributed by atoms with Crippen molar-refractivity contribution in [3.05, 3.63) is 64.1 Å². The van der Waals surface area contributed by atoms with E-state index in [2.05, 4.69) is 5.32 Å². The quantitative estimate of drug-likeness (QED) is 0.434. The number of carbonyl (C=O) groups is 2. The molecule has 1 atom stereocenters. The zero-order valence-corrected chi connectivity index (χ0v) is 20.7. The van der Waals surface area contributed by atoms with Crippen LogP contribution in [0.25, 0.3) is 0 Å². The molecule has 0 radical (unpaired) electrons. The van der Waals surface area contributed by atoms with Gasteiger partial charge in [-0.2, -0.15) is 0 Å². The van der Waals surface area contributed by atoms with Crippen LogP contribution < -0.4 is 10.1 Å². The second-order valence-corrected chi connectivity index (χ2v) is 9.53. The van der Waals surface area contributed by atoms with Crippen LogP contribution in [0.1, 0.15) is 52.5 Å². The molecule has 0 aromatic heterocycles. The number of rotatable bonds is 10. The Morgan fingerprint density at radius 2 is 1.78 bits per heavy atom. The summed E-state index contributed by atoms with van der Waals surface area (Å²) in [6.07, 6.45) is 1.28. The molecule has 2 amide bonds. The maximum Gasteiger partial charge on any atom is 0.243 e. The van der Waals surface area contributed by atoms with Crippen molar-refractivity contribution in [2.75, 3.05) is 6.61 Å². The van der Waals surface area contributed by atoms with Crippen molar-refractivity contribution in [3.63, 3.8) is 0 Å². The molecule has 0 fully saturated rings. The fourth-order valence-corrected chi connectivity index (χ4v) is 3.75. The predicted octanol–water partition coefficient (Wildman–Crippen LogP) is 5.87. The average Bonchev–Trinajstić information content (AvgIpc) is 2.72. The van der Waals surface area contributed by atoms with E-state index >= 15 is 0 Å². The lowest BCUT2D eigenvalue weighted by molar-refractivity contribution is -0.142. The highest BCUT2D eigenvalue weighted by Gasteiger charge is 2.30. The molecular formula is C25H32Cl2N2O3. The highest BCUT2D eigenvalue weighted by atomic mass is 35.5. The predicted molar refractivity (Wildman–Crippen MR) is 130 cm³/mol. The third-order valence-corrected chi connectivity index (χ3v) is 5.37. The third kappa shape index (κ3) is 8.36. The molecule has 0 unspecified atom stereocenters. The number of halogens is 2. The van der Waals surface area contributed by atoms with Crippen molar-refractivity contribution in [2.45, 2.75) is 65.1 Å². The number of para-hydroxylation sites is 1. The lowest BCUT2D eigenvalue weighted by atomic mass is 10.0. The van der Waals surface area contributed by atoms with Gasteiger partial charge in [0.05, 0.1) is 6.61 Å². The smallest absolute Gasteiger partial charge is 0.243 e. The molecule has 0 spiro atoms. The zero-order valence-electron chi connectivity index (χ0n) is 19.2. The molecule has 32 heavy (non-hydrogen) atoms. The van der Waals surface area contributed by atoms with Crippen molar-refractivity contribution in [1.29, 1.82) is 0 Å². The van der Waals surface area contributed by atoms with Crippen LogP contribution in [0.4, 0.5) is 0 Å². The first-order chi connectivity index (χ1) is 15.1. The van der Waals surface area contributed by atoms with Crippen molar-refractivity contribution < 1.29 is 14.3 Å². The van der Waals surface area contributed by atoms with Crippen LogP contribution in [-0.4, -0.2) is 34.9 Å². The van der Waals surface area contributed by atoms with E-state index in [1.807, 2.05) is 58.0 Å². The van der Waals surface area contributed by atoms with E-state index in [0.29, 0.717) is 29.5 Å². The minimum atomic E-state index is -0.608. The van der Waals surface area contributed by atoms with Gasteiger partial charge in [0.2, 0.25) is 11.8 Å². The molecule has 5 nitrogen and oxygen atoms in total. The molecule has 0 saturated heterocycles. The molecule has 2 aromatic carbocycles. The van der Waals surface area contributed by atoms with Crippen LogP contribution in [0.3, 0.4) is 0 Å². The number of ether oxygens (including phenoxy) is 1. The van der Waals surface area contributed by atoms with E-state index in [1.54, 1.807) is 23.1 Å². The standard InChI is InChI=1S/C25H32Cl2N2O3/c1-5-22(24(31)28-25(2,3)4)29(17-18-13-14-19(26)16-21(18)27)23(30)12-9-15-32-20-10-7-6-8-11-20/h6-8,10-11,13-14,16,22H,5,9,12,15,17H2,1-4H3,(H,28,31)/t22-/m1/s1. The Morgan fingerprint density at radius 3 is 2.38 bits per heavy atom. The Morgan fingerprint density at radius 1 is 1.09 bits per heavy atom. The minimum absolute atomic E-state index is 0.122. The normalized spacial score (nSPS) is 12.2. The highest BCUT2D eigenvalue weighted by Crippen LogP contribution is 2.24. The zero-order chi connectivity index (χ0) is 23.7. The van der Waals surface area contributed by atoms with E-state index in [0.717, 1.165) is 11.3 Å². The lowest BCUT2D eigenvalue weighted by Gasteiger charge is -2.33. The molecule has 0 aliphatic heterocycles. The summed E-state index contributed by atoms with van der Waals surface area (Å²) < 4.78 is 5.70. The fraction of sp³-hybridized carbons (Fsp3) is 0.440. The van der Waals surface area contributed by atoms with Crippen LogP contribution in [0, 0.1) is 0 Å². The molecule has 0 saturated carbocycles. The summed E-state index contributed by atoms with van der Waals surface area (Å²) in [6, 6.07) is 14.0. The Kier molecular flexibility index (Phi) is 9.85. The Balaban J connectivity index is 2.13. The second kappa shape index (κ2) is 12.1. The first-order valence-electron chi connectivity index (χ1n) is 10.8. The summed E-state index contributed by atoms with van der Waals surface area (Å²) in [5.41, 5.74) is 0.340. The van der Waals surface area contributed by atoms with Gasteiger partial charge in [-0.3, -0.25) is 9.59 Å². The third-order valence-electron chi connectivity index (χ3n) is 4.79. The molecule has 0 heterocycles. The van der Waals surface area contributed by atoms with Crippen LogP contribution in [0.15, 0.2) is 48.5 Å². The van der Waals surface area contributed by atoms with Crippen LogP contribution in [0.5, 0.6) is 5.75 Å². The molecular weight excluding hydrogens is 447 g/mol.